The van der Waals surface area contributed by atoms with E-state index in [2.05, 4.69) is 59.5 Å². The van der Waals surface area contributed by atoms with Crippen molar-refractivity contribution in [3.8, 4) is 0 Å². The predicted octanol–water partition coefficient (Wildman–Crippen LogP) is 2.27. The molecule has 1 aromatic carbocycles. The van der Waals surface area contributed by atoms with Gasteiger partial charge in [0.1, 0.15) is 6.54 Å². The third-order valence-electron chi connectivity index (χ3n) is 9.53. The third-order valence-corrected chi connectivity index (χ3v) is 9.53. The summed E-state index contributed by atoms with van der Waals surface area (Å²) in [6.07, 6.45) is 7.34. The number of morpholine rings is 1. The Morgan fingerprint density at radius 3 is 2.34 bits per heavy atom. The van der Waals surface area contributed by atoms with Gasteiger partial charge in [-0.15, -0.1) is 0 Å². The highest BCUT2D eigenvalue weighted by atomic mass is 16.5. The number of urea groups is 1. The molecule has 1 aromatic rings. The molecule has 0 radical (unpaired) electrons. The van der Waals surface area contributed by atoms with Gasteiger partial charge in [0.2, 0.25) is 11.8 Å². The summed E-state index contributed by atoms with van der Waals surface area (Å²) in [5, 5.41) is 2.76. The van der Waals surface area contributed by atoms with Gasteiger partial charge in [-0.05, 0) is 64.1 Å². The number of benzene rings is 1. The number of carbonyl (C=O) groups is 3. The molecule has 1 N–H and O–H groups in total. The third kappa shape index (κ3) is 5.27. The quantitative estimate of drug-likeness (QED) is 0.563. The van der Waals surface area contributed by atoms with Crippen LogP contribution in [0, 0.1) is 5.92 Å². The van der Waals surface area contributed by atoms with Crippen LogP contribution in [0.1, 0.15) is 50.5 Å². The molecule has 2 aliphatic carbocycles. The zero-order valence-corrected chi connectivity index (χ0v) is 23.0. The second-order valence-corrected chi connectivity index (χ2v) is 11.8. The van der Waals surface area contributed by atoms with Crippen LogP contribution in [0.5, 0.6) is 0 Å². The number of hydrogen-bond acceptors (Lipinski definition) is 5. The fourth-order valence-electron chi connectivity index (χ4n) is 6.84. The lowest BCUT2D eigenvalue weighted by Gasteiger charge is -2.51. The highest BCUT2D eigenvalue weighted by Gasteiger charge is 2.55. The highest BCUT2D eigenvalue weighted by molar-refractivity contribution is 5.89. The van der Waals surface area contributed by atoms with E-state index in [-0.39, 0.29) is 42.0 Å². The summed E-state index contributed by atoms with van der Waals surface area (Å²) < 4.78 is 5.30. The Morgan fingerprint density at radius 2 is 1.74 bits per heavy atom. The van der Waals surface area contributed by atoms with Crippen LogP contribution in [0.15, 0.2) is 30.3 Å². The largest absolute Gasteiger partial charge is 0.378 e. The fraction of sp³-hybridized carbons (Fsp3) is 0.690. The molecule has 0 atom stereocenters. The zero-order chi connectivity index (χ0) is 26.8. The topological polar surface area (TPSA) is 85.4 Å². The van der Waals surface area contributed by atoms with Crippen molar-refractivity contribution in [2.45, 2.75) is 56.0 Å². The Morgan fingerprint density at radius 1 is 1.05 bits per heavy atom. The molecule has 4 fully saturated rings. The van der Waals surface area contributed by atoms with Gasteiger partial charge in [-0.2, -0.15) is 0 Å². The minimum atomic E-state index is -0.275. The number of rotatable bonds is 8. The maximum absolute atomic E-state index is 13.7. The first-order valence-corrected chi connectivity index (χ1v) is 14.2. The summed E-state index contributed by atoms with van der Waals surface area (Å²) in [5.74, 6) is 0.180. The van der Waals surface area contributed by atoms with Crippen LogP contribution in [-0.2, 0) is 19.9 Å². The fourth-order valence-corrected chi connectivity index (χ4v) is 6.84. The molecule has 2 saturated heterocycles. The van der Waals surface area contributed by atoms with Crippen LogP contribution >= 0.6 is 0 Å². The molecule has 208 valence electrons. The summed E-state index contributed by atoms with van der Waals surface area (Å²) in [7, 11) is 4.32. The molecule has 2 saturated carbocycles. The van der Waals surface area contributed by atoms with E-state index >= 15 is 0 Å². The van der Waals surface area contributed by atoms with E-state index in [1.807, 2.05) is 0 Å². The van der Waals surface area contributed by atoms with Gasteiger partial charge in [0.15, 0.2) is 0 Å². The molecular weight excluding hydrogens is 482 g/mol. The van der Waals surface area contributed by atoms with Crippen molar-refractivity contribution in [1.82, 2.24) is 24.9 Å². The van der Waals surface area contributed by atoms with E-state index in [1.54, 1.807) is 9.80 Å². The summed E-state index contributed by atoms with van der Waals surface area (Å²) in [5.41, 5.74) is 1.03. The normalized spacial score (nSPS) is 28.2. The Balaban J connectivity index is 1.26. The Bertz CT molecular complexity index is 997. The first-order chi connectivity index (χ1) is 18.3. The smallest absolute Gasteiger partial charge is 0.321 e. The monoisotopic (exact) mass is 525 g/mol. The lowest BCUT2D eigenvalue weighted by atomic mass is 9.68. The molecule has 38 heavy (non-hydrogen) atoms. The summed E-state index contributed by atoms with van der Waals surface area (Å²) in [6.45, 7) is 3.47. The average molecular weight is 526 g/mol. The van der Waals surface area contributed by atoms with Crippen LogP contribution in [-0.4, -0.2) is 110 Å². The minimum Gasteiger partial charge on any atom is -0.378 e. The molecule has 0 bridgehead atoms. The number of carbonyl (C=O) groups excluding carboxylic acids is 3. The molecule has 1 spiro atoms. The molecule has 9 heteroatoms. The average Bonchev–Trinajstić information content (AvgIpc) is 3.15. The molecule has 0 aromatic heterocycles. The van der Waals surface area contributed by atoms with Crippen LogP contribution in [0.25, 0.3) is 0 Å². The predicted molar refractivity (Wildman–Crippen MR) is 144 cm³/mol. The number of nitrogens with one attached hydrogen (secondary N) is 1. The molecule has 9 nitrogen and oxygen atoms in total. The van der Waals surface area contributed by atoms with Gasteiger partial charge in [0.25, 0.3) is 0 Å². The number of nitrogens with zero attached hydrogens (tertiary/aromatic N) is 4. The molecule has 4 amide bonds. The molecular formula is C29H43N5O4. The van der Waals surface area contributed by atoms with Crippen LogP contribution in [0.2, 0.25) is 0 Å². The van der Waals surface area contributed by atoms with Gasteiger partial charge in [0, 0.05) is 31.7 Å². The van der Waals surface area contributed by atoms with Crippen LogP contribution in [0.4, 0.5) is 4.79 Å². The van der Waals surface area contributed by atoms with E-state index in [0.717, 1.165) is 32.2 Å². The zero-order valence-electron chi connectivity index (χ0n) is 23.0. The standard InChI is InChI=1S/C29H43N5O4/c1-31(2)29(24-9-4-3-5-10-24)13-11-28(12-14-29)22-33(27(37)34(28)20-23-7-6-8-23)21-25(35)30-19-26(36)32-15-17-38-18-16-32/h3-5,9-10,23H,6-8,11-22H2,1-2H3,(H,30,35)/t28-,29-. The van der Waals surface area contributed by atoms with Gasteiger partial charge in [0.05, 0.1) is 25.3 Å². The second-order valence-electron chi connectivity index (χ2n) is 11.8. The van der Waals surface area contributed by atoms with Crippen LogP contribution < -0.4 is 5.32 Å². The van der Waals surface area contributed by atoms with Gasteiger partial charge in [-0.1, -0.05) is 36.8 Å². The van der Waals surface area contributed by atoms with Crippen molar-refractivity contribution in [2.24, 2.45) is 5.92 Å². The summed E-state index contributed by atoms with van der Waals surface area (Å²) in [6, 6.07) is 10.7. The van der Waals surface area contributed by atoms with Crippen molar-refractivity contribution >= 4 is 17.8 Å². The number of amides is 4. The molecule has 2 heterocycles. The molecule has 4 aliphatic rings. The van der Waals surface area contributed by atoms with E-state index in [1.165, 1.54) is 24.8 Å². The molecule has 0 unspecified atom stereocenters. The first kappa shape index (κ1) is 26.9. The first-order valence-electron chi connectivity index (χ1n) is 14.2. The highest BCUT2D eigenvalue weighted by Crippen LogP contribution is 2.49. The lowest BCUT2D eigenvalue weighted by Crippen LogP contribution is -2.56. The Labute approximate surface area is 226 Å². The van der Waals surface area contributed by atoms with E-state index < -0.39 is 0 Å². The Hall–Kier alpha value is -2.65. The van der Waals surface area contributed by atoms with E-state index in [9.17, 15) is 14.4 Å². The number of ether oxygens (including phenoxy) is 1. The second kappa shape index (κ2) is 11.2. The summed E-state index contributed by atoms with van der Waals surface area (Å²) >= 11 is 0. The lowest BCUT2D eigenvalue weighted by molar-refractivity contribution is -0.136. The van der Waals surface area contributed by atoms with Crippen molar-refractivity contribution in [3.63, 3.8) is 0 Å². The van der Waals surface area contributed by atoms with Crippen LogP contribution in [0.3, 0.4) is 0 Å². The maximum Gasteiger partial charge on any atom is 0.321 e. The van der Waals surface area contributed by atoms with Crippen molar-refractivity contribution in [2.75, 3.05) is 66.6 Å². The maximum atomic E-state index is 13.7. The minimum absolute atomic E-state index is 0.00432. The van der Waals surface area contributed by atoms with Crippen molar-refractivity contribution < 1.29 is 19.1 Å². The van der Waals surface area contributed by atoms with Crippen molar-refractivity contribution in [1.29, 1.82) is 0 Å². The van der Waals surface area contributed by atoms with E-state index in [4.69, 9.17) is 4.74 Å². The van der Waals surface area contributed by atoms with Gasteiger partial charge < -0.3 is 24.8 Å². The van der Waals surface area contributed by atoms with E-state index in [0.29, 0.717) is 38.8 Å². The molecule has 5 rings (SSSR count). The Kier molecular flexibility index (Phi) is 7.95. The van der Waals surface area contributed by atoms with Crippen molar-refractivity contribution in [3.05, 3.63) is 35.9 Å². The molecule has 2 aliphatic heterocycles. The van der Waals surface area contributed by atoms with Gasteiger partial charge in [-0.25, -0.2) is 4.79 Å². The summed E-state index contributed by atoms with van der Waals surface area (Å²) in [4.78, 5) is 46.9. The SMILES string of the molecule is CN(C)[C@]1(c2ccccc2)CC[C@@]2(CC1)CN(CC(=O)NCC(=O)N1CCOCC1)C(=O)N2CC1CCC1. The number of hydrogen-bond donors (Lipinski definition) is 1. The van der Waals surface area contributed by atoms with Gasteiger partial charge >= 0.3 is 6.03 Å². The van der Waals surface area contributed by atoms with Gasteiger partial charge in [-0.3, -0.25) is 14.5 Å².